The first-order valence-corrected chi connectivity index (χ1v) is 6.94. The fourth-order valence-electron chi connectivity index (χ4n) is 2.26. The van der Waals surface area contributed by atoms with Crippen molar-refractivity contribution in [2.75, 3.05) is 0 Å². The summed E-state index contributed by atoms with van der Waals surface area (Å²) in [7, 11) is 0. The Hall–Kier alpha value is -1.35. The van der Waals surface area contributed by atoms with Crippen LogP contribution in [0, 0.1) is 0 Å². The highest BCUT2D eigenvalue weighted by Crippen LogP contribution is 2.29. The maximum absolute atomic E-state index is 6.28. The van der Waals surface area contributed by atoms with Crippen molar-refractivity contribution in [3.05, 3.63) is 29.7 Å². The predicted molar refractivity (Wildman–Crippen MR) is 79.2 cm³/mol. The van der Waals surface area contributed by atoms with Gasteiger partial charge in [-0.05, 0) is 36.5 Å². The largest absolute Gasteiger partial charge is 0.439 e. The van der Waals surface area contributed by atoms with Crippen LogP contribution in [0.15, 0.2) is 22.6 Å². The number of nitrogens with two attached hydrogens (primary N) is 1. The molecule has 2 aromatic rings. The van der Waals surface area contributed by atoms with E-state index in [9.17, 15) is 0 Å². The van der Waals surface area contributed by atoms with E-state index in [4.69, 9.17) is 10.2 Å². The molecule has 1 heterocycles. The van der Waals surface area contributed by atoms with Crippen LogP contribution in [0.1, 0.15) is 58.9 Å². The van der Waals surface area contributed by atoms with Gasteiger partial charge in [-0.15, -0.1) is 0 Å². The second-order valence-electron chi connectivity index (χ2n) is 6.62. The summed E-state index contributed by atoms with van der Waals surface area (Å²) in [6.07, 6.45) is 1.88. The number of nitrogens with zero attached hydrogens (tertiary/aromatic N) is 1. The van der Waals surface area contributed by atoms with E-state index < -0.39 is 5.54 Å². The SMILES string of the molecule is CCCC(C)(N)c1nc2cc(C(C)(C)C)ccc2o1. The highest BCUT2D eigenvalue weighted by Gasteiger charge is 2.26. The van der Waals surface area contributed by atoms with Crippen molar-refractivity contribution >= 4 is 11.1 Å². The summed E-state index contributed by atoms with van der Waals surface area (Å²) >= 11 is 0. The van der Waals surface area contributed by atoms with Gasteiger partial charge in [0.2, 0.25) is 5.89 Å². The molecule has 3 nitrogen and oxygen atoms in total. The summed E-state index contributed by atoms with van der Waals surface area (Å²) in [4.78, 5) is 4.59. The molecule has 0 radical (unpaired) electrons. The van der Waals surface area contributed by atoms with E-state index >= 15 is 0 Å². The summed E-state index contributed by atoms with van der Waals surface area (Å²) in [5, 5.41) is 0. The number of oxazole rings is 1. The molecule has 0 fully saturated rings. The normalized spacial score (nSPS) is 15.7. The number of hydrogen-bond donors (Lipinski definition) is 1. The average Bonchev–Trinajstić information content (AvgIpc) is 2.70. The van der Waals surface area contributed by atoms with Crippen LogP contribution in [0.2, 0.25) is 0 Å². The van der Waals surface area contributed by atoms with Crippen molar-refractivity contribution in [2.24, 2.45) is 5.73 Å². The topological polar surface area (TPSA) is 52.0 Å². The van der Waals surface area contributed by atoms with E-state index in [2.05, 4.69) is 44.8 Å². The van der Waals surface area contributed by atoms with Crippen LogP contribution < -0.4 is 5.73 Å². The summed E-state index contributed by atoms with van der Waals surface area (Å²) < 4.78 is 5.82. The van der Waals surface area contributed by atoms with Gasteiger partial charge in [0.25, 0.3) is 0 Å². The van der Waals surface area contributed by atoms with E-state index in [1.807, 2.05) is 13.0 Å². The molecule has 2 rings (SSSR count). The van der Waals surface area contributed by atoms with E-state index in [0.29, 0.717) is 5.89 Å². The molecule has 0 aliphatic rings. The lowest BCUT2D eigenvalue weighted by atomic mass is 9.87. The van der Waals surface area contributed by atoms with Crippen molar-refractivity contribution in [1.29, 1.82) is 0 Å². The van der Waals surface area contributed by atoms with E-state index in [1.54, 1.807) is 0 Å². The highest BCUT2D eigenvalue weighted by atomic mass is 16.3. The first-order valence-electron chi connectivity index (χ1n) is 6.94. The minimum Gasteiger partial charge on any atom is -0.439 e. The maximum Gasteiger partial charge on any atom is 0.215 e. The van der Waals surface area contributed by atoms with Crippen LogP contribution in [-0.2, 0) is 11.0 Å². The molecule has 0 amide bonds. The van der Waals surface area contributed by atoms with Crippen LogP contribution in [0.3, 0.4) is 0 Å². The zero-order chi connectivity index (χ0) is 14.3. The lowest BCUT2D eigenvalue weighted by molar-refractivity contribution is 0.342. The standard InChI is InChI=1S/C16H24N2O/c1-6-9-16(5,17)14-18-12-10-11(15(2,3)4)7-8-13(12)19-14/h7-8,10H,6,9,17H2,1-5H3. The predicted octanol–water partition coefficient (Wildman–Crippen LogP) is 4.10. The Morgan fingerprint density at radius 1 is 1.21 bits per heavy atom. The molecule has 1 aromatic heterocycles. The van der Waals surface area contributed by atoms with Crippen molar-refractivity contribution in [2.45, 2.75) is 58.4 Å². The number of hydrogen-bond acceptors (Lipinski definition) is 3. The Balaban J connectivity index is 2.47. The van der Waals surface area contributed by atoms with Crippen LogP contribution in [0.25, 0.3) is 11.1 Å². The Kier molecular flexibility index (Phi) is 3.43. The third kappa shape index (κ3) is 2.81. The van der Waals surface area contributed by atoms with Crippen LogP contribution in [0.4, 0.5) is 0 Å². The van der Waals surface area contributed by atoms with Crippen molar-refractivity contribution in [3.8, 4) is 0 Å². The van der Waals surface area contributed by atoms with Gasteiger partial charge in [0.15, 0.2) is 5.58 Å². The molecule has 1 unspecified atom stereocenters. The van der Waals surface area contributed by atoms with Gasteiger partial charge >= 0.3 is 0 Å². The van der Waals surface area contributed by atoms with Gasteiger partial charge in [0.05, 0.1) is 5.54 Å². The fraction of sp³-hybridized carbons (Fsp3) is 0.562. The van der Waals surface area contributed by atoms with Crippen LogP contribution >= 0.6 is 0 Å². The number of aromatic nitrogens is 1. The average molecular weight is 260 g/mol. The summed E-state index contributed by atoms with van der Waals surface area (Å²) in [6.45, 7) is 10.7. The first kappa shape index (κ1) is 14.1. The highest BCUT2D eigenvalue weighted by molar-refractivity contribution is 5.74. The second-order valence-corrected chi connectivity index (χ2v) is 6.62. The molecule has 0 aliphatic heterocycles. The molecule has 0 saturated carbocycles. The molecule has 2 N–H and O–H groups in total. The lowest BCUT2D eigenvalue weighted by Crippen LogP contribution is -2.33. The molecule has 0 spiro atoms. The zero-order valence-electron chi connectivity index (χ0n) is 12.6. The van der Waals surface area contributed by atoms with E-state index in [-0.39, 0.29) is 5.41 Å². The molecule has 1 atom stereocenters. The lowest BCUT2D eigenvalue weighted by Gasteiger charge is -2.19. The monoisotopic (exact) mass is 260 g/mol. The molecule has 3 heteroatoms. The third-order valence-electron chi connectivity index (χ3n) is 3.51. The Morgan fingerprint density at radius 2 is 1.89 bits per heavy atom. The molecular weight excluding hydrogens is 236 g/mol. The summed E-state index contributed by atoms with van der Waals surface area (Å²) in [6, 6.07) is 6.20. The first-order chi connectivity index (χ1) is 8.74. The van der Waals surface area contributed by atoms with Gasteiger partial charge in [0.1, 0.15) is 5.52 Å². The Morgan fingerprint density at radius 3 is 2.47 bits per heavy atom. The van der Waals surface area contributed by atoms with Crippen molar-refractivity contribution in [3.63, 3.8) is 0 Å². The molecule has 19 heavy (non-hydrogen) atoms. The molecule has 1 aromatic carbocycles. The smallest absolute Gasteiger partial charge is 0.215 e. The molecule has 0 aliphatic carbocycles. The van der Waals surface area contributed by atoms with Crippen LogP contribution in [-0.4, -0.2) is 4.98 Å². The Labute approximate surface area is 115 Å². The Bertz CT molecular complexity index is 576. The minimum atomic E-state index is -0.490. The number of benzene rings is 1. The van der Waals surface area contributed by atoms with Gasteiger partial charge in [0, 0.05) is 0 Å². The van der Waals surface area contributed by atoms with Gasteiger partial charge in [-0.25, -0.2) is 4.98 Å². The van der Waals surface area contributed by atoms with Crippen molar-refractivity contribution < 1.29 is 4.42 Å². The maximum atomic E-state index is 6.28. The zero-order valence-corrected chi connectivity index (χ0v) is 12.6. The molecular formula is C16H24N2O. The molecule has 0 bridgehead atoms. The van der Waals surface area contributed by atoms with Gasteiger partial charge in [-0.1, -0.05) is 40.2 Å². The molecule has 104 valence electrons. The van der Waals surface area contributed by atoms with E-state index in [0.717, 1.165) is 23.9 Å². The van der Waals surface area contributed by atoms with Crippen LogP contribution in [0.5, 0.6) is 0 Å². The molecule has 0 saturated heterocycles. The quantitative estimate of drug-likeness (QED) is 0.904. The minimum absolute atomic E-state index is 0.114. The fourth-order valence-corrected chi connectivity index (χ4v) is 2.26. The van der Waals surface area contributed by atoms with Gasteiger partial charge < -0.3 is 10.2 Å². The van der Waals surface area contributed by atoms with Crippen molar-refractivity contribution in [1.82, 2.24) is 4.98 Å². The van der Waals surface area contributed by atoms with Gasteiger partial charge in [-0.2, -0.15) is 0 Å². The number of rotatable bonds is 3. The van der Waals surface area contributed by atoms with E-state index in [1.165, 1.54) is 5.56 Å². The van der Waals surface area contributed by atoms with Gasteiger partial charge in [-0.3, -0.25) is 0 Å². The third-order valence-corrected chi connectivity index (χ3v) is 3.51. The second kappa shape index (κ2) is 4.64. The summed E-state index contributed by atoms with van der Waals surface area (Å²) in [5.41, 5.74) is 8.88. The number of fused-ring (bicyclic) bond motifs is 1. The summed E-state index contributed by atoms with van der Waals surface area (Å²) in [5.74, 6) is 0.635.